The Morgan fingerprint density at radius 1 is 1.19 bits per heavy atom. The Balaban J connectivity index is 1.61. The number of hydrogen-bond donors (Lipinski definition) is 1. The maximum absolute atomic E-state index is 13.0. The van der Waals surface area contributed by atoms with Gasteiger partial charge in [0.05, 0.1) is 18.7 Å². The van der Waals surface area contributed by atoms with Crippen LogP contribution in [0.2, 0.25) is 0 Å². The maximum atomic E-state index is 13.0. The highest BCUT2D eigenvalue weighted by molar-refractivity contribution is 5.92. The number of hydrogen-bond acceptors (Lipinski definition) is 6. The largest absolute Gasteiger partial charge is 0.586 e. The summed E-state index contributed by atoms with van der Waals surface area (Å²) in [6.07, 6.45) is -3.72. The van der Waals surface area contributed by atoms with Gasteiger partial charge in [-0.15, -0.1) is 8.78 Å². The molecule has 0 saturated carbocycles. The summed E-state index contributed by atoms with van der Waals surface area (Å²) < 4.78 is 45.0. The molecule has 0 spiro atoms. The molecular formula is C17H12F2N2O5. The zero-order chi connectivity index (χ0) is 18.7. The van der Waals surface area contributed by atoms with Crippen molar-refractivity contribution in [2.45, 2.75) is 6.29 Å². The number of fused-ring (bicyclic) bond motifs is 1. The zero-order valence-electron chi connectivity index (χ0n) is 13.4. The Hall–Kier alpha value is -3.54. The van der Waals surface area contributed by atoms with E-state index in [1.807, 2.05) is 6.07 Å². The number of rotatable bonds is 5. The molecule has 0 aromatic heterocycles. The van der Waals surface area contributed by atoms with Crippen molar-refractivity contribution in [1.29, 1.82) is 5.26 Å². The summed E-state index contributed by atoms with van der Waals surface area (Å²) >= 11 is 0. The third kappa shape index (κ3) is 3.75. The molecule has 0 fully saturated rings. The van der Waals surface area contributed by atoms with Crippen molar-refractivity contribution >= 4 is 11.6 Å². The fourth-order valence-corrected chi connectivity index (χ4v) is 2.22. The molecule has 3 rings (SSSR count). The zero-order valence-corrected chi connectivity index (χ0v) is 13.4. The predicted octanol–water partition coefficient (Wildman–Crippen LogP) is 2.91. The Morgan fingerprint density at radius 3 is 2.69 bits per heavy atom. The summed E-state index contributed by atoms with van der Waals surface area (Å²) in [7, 11) is 1.41. The van der Waals surface area contributed by atoms with Gasteiger partial charge in [0.25, 0.3) is 5.91 Å². The minimum absolute atomic E-state index is 0.119. The number of alkyl halides is 2. The van der Waals surface area contributed by atoms with Crippen molar-refractivity contribution in [3.8, 4) is 29.1 Å². The van der Waals surface area contributed by atoms with E-state index in [-0.39, 0.29) is 29.5 Å². The number of nitrogens with zero attached hydrogens (tertiary/aromatic N) is 1. The first-order valence-corrected chi connectivity index (χ1v) is 7.31. The van der Waals surface area contributed by atoms with Gasteiger partial charge < -0.3 is 24.3 Å². The van der Waals surface area contributed by atoms with Crippen LogP contribution in [0.15, 0.2) is 36.4 Å². The van der Waals surface area contributed by atoms with E-state index in [0.717, 1.165) is 0 Å². The van der Waals surface area contributed by atoms with E-state index in [1.165, 1.54) is 43.5 Å². The second-order valence-electron chi connectivity index (χ2n) is 5.14. The lowest BCUT2D eigenvalue weighted by atomic mass is 10.2. The summed E-state index contributed by atoms with van der Waals surface area (Å²) in [5.74, 6) is -0.231. The first kappa shape index (κ1) is 17.3. The molecule has 9 heteroatoms. The van der Waals surface area contributed by atoms with Crippen LogP contribution in [0, 0.1) is 11.3 Å². The van der Waals surface area contributed by atoms with Crippen LogP contribution in [0.25, 0.3) is 0 Å². The third-order valence-electron chi connectivity index (χ3n) is 3.34. The number of benzene rings is 2. The van der Waals surface area contributed by atoms with Crippen molar-refractivity contribution in [1.82, 2.24) is 0 Å². The number of amides is 1. The molecule has 2 aromatic rings. The lowest BCUT2D eigenvalue weighted by Crippen LogP contribution is -2.25. The van der Waals surface area contributed by atoms with E-state index < -0.39 is 12.2 Å². The van der Waals surface area contributed by atoms with Gasteiger partial charge >= 0.3 is 6.29 Å². The van der Waals surface area contributed by atoms with Crippen LogP contribution in [-0.4, -0.2) is 25.9 Å². The van der Waals surface area contributed by atoms with E-state index in [9.17, 15) is 13.6 Å². The Labute approximate surface area is 146 Å². The van der Waals surface area contributed by atoms with E-state index in [1.54, 1.807) is 0 Å². The van der Waals surface area contributed by atoms with E-state index in [0.29, 0.717) is 11.3 Å². The minimum Gasteiger partial charge on any atom is -0.493 e. The van der Waals surface area contributed by atoms with Gasteiger partial charge in [-0.25, -0.2) is 0 Å². The lowest BCUT2D eigenvalue weighted by molar-refractivity contribution is -0.286. The normalized spacial score (nSPS) is 13.6. The Kier molecular flexibility index (Phi) is 4.49. The second kappa shape index (κ2) is 6.76. The lowest BCUT2D eigenvalue weighted by Gasteiger charge is -2.11. The van der Waals surface area contributed by atoms with Crippen molar-refractivity contribution < 1.29 is 32.5 Å². The molecule has 0 unspecified atom stereocenters. The van der Waals surface area contributed by atoms with Crippen LogP contribution >= 0.6 is 0 Å². The topological polar surface area (TPSA) is 89.8 Å². The average Bonchev–Trinajstić information content (AvgIpc) is 2.92. The number of carbonyl (C=O) groups is 1. The Bertz CT molecular complexity index is 895. The van der Waals surface area contributed by atoms with Crippen LogP contribution in [0.1, 0.15) is 5.56 Å². The molecule has 0 bridgehead atoms. The first-order chi connectivity index (χ1) is 12.4. The number of halogens is 2. The summed E-state index contributed by atoms with van der Waals surface area (Å²) in [5, 5.41) is 11.3. The van der Waals surface area contributed by atoms with Gasteiger partial charge in [0.15, 0.2) is 29.6 Å². The van der Waals surface area contributed by atoms with Gasteiger partial charge in [-0.3, -0.25) is 4.79 Å². The number of nitriles is 1. The molecule has 0 atom stereocenters. The summed E-state index contributed by atoms with van der Waals surface area (Å²) in [5.41, 5.74) is 0.626. The highest BCUT2D eigenvalue weighted by Crippen LogP contribution is 2.42. The Morgan fingerprint density at radius 2 is 1.96 bits per heavy atom. The number of ether oxygens (including phenoxy) is 4. The van der Waals surface area contributed by atoms with Gasteiger partial charge in [-0.05, 0) is 24.3 Å². The van der Waals surface area contributed by atoms with Gasteiger partial charge in [-0.2, -0.15) is 5.26 Å². The van der Waals surface area contributed by atoms with Crippen molar-refractivity contribution in [3.05, 3.63) is 42.0 Å². The molecule has 1 N–H and O–H groups in total. The standard InChI is InChI=1S/C17H12F2N2O5/c1-23-14-6-10(8-20)2-4-12(14)24-9-16(22)21-11-3-5-13-15(7-11)26-17(18,19)25-13/h2-7H,9H2,1H3,(H,21,22). The summed E-state index contributed by atoms with van der Waals surface area (Å²) in [6, 6.07) is 10.3. The molecule has 2 aromatic carbocycles. The van der Waals surface area contributed by atoms with E-state index in [4.69, 9.17) is 14.7 Å². The third-order valence-corrected chi connectivity index (χ3v) is 3.34. The van der Waals surface area contributed by atoms with Crippen LogP contribution in [0.4, 0.5) is 14.5 Å². The van der Waals surface area contributed by atoms with Crippen molar-refractivity contribution in [2.24, 2.45) is 0 Å². The first-order valence-electron chi connectivity index (χ1n) is 7.31. The minimum atomic E-state index is -3.72. The van der Waals surface area contributed by atoms with Gasteiger partial charge in [0.2, 0.25) is 0 Å². The van der Waals surface area contributed by atoms with Crippen LogP contribution in [0.5, 0.6) is 23.0 Å². The van der Waals surface area contributed by atoms with Crippen LogP contribution in [0.3, 0.4) is 0 Å². The molecular weight excluding hydrogens is 350 g/mol. The summed E-state index contributed by atoms with van der Waals surface area (Å²) in [6.45, 7) is -0.354. The number of carbonyl (C=O) groups excluding carboxylic acids is 1. The smallest absolute Gasteiger partial charge is 0.493 e. The average molecular weight is 362 g/mol. The molecule has 1 aliphatic rings. The number of methoxy groups -OCH3 is 1. The van der Waals surface area contributed by atoms with Gasteiger partial charge in [0, 0.05) is 17.8 Å². The number of nitrogens with one attached hydrogen (secondary N) is 1. The molecule has 0 saturated heterocycles. The molecule has 26 heavy (non-hydrogen) atoms. The number of anilines is 1. The quantitative estimate of drug-likeness (QED) is 0.880. The second-order valence-corrected chi connectivity index (χ2v) is 5.14. The highest BCUT2D eigenvalue weighted by atomic mass is 19.3. The van der Waals surface area contributed by atoms with Crippen LogP contribution < -0.4 is 24.3 Å². The van der Waals surface area contributed by atoms with E-state index in [2.05, 4.69) is 14.8 Å². The monoisotopic (exact) mass is 362 g/mol. The van der Waals surface area contributed by atoms with Gasteiger partial charge in [-0.1, -0.05) is 0 Å². The van der Waals surface area contributed by atoms with Crippen molar-refractivity contribution in [3.63, 3.8) is 0 Å². The van der Waals surface area contributed by atoms with Crippen molar-refractivity contribution in [2.75, 3.05) is 19.0 Å². The molecule has 7 nitrogen and oxygen atoms in total. The summed E-state index contributed by atoms with van der Waals surface area (Å²) in [4.78, 5) is 12.0. The molecule has 0 radical (unpaired) electrons. The SMILES string of the molecule is COc1cc(C#N)ccc1OCC(=O)Nc1ccc2c(c1)OC(F)(F)O2. The van der Waals surface area contributed by atoms with Gasteiger partial charge in [0.1, 0.15) is 0 Å². The maximum Gasteiger partial charge on any atom is 0.586 e. The fourth-order valence-electron chi connectivity index (χ4n) is 2.22. The fraction of sp³-hybridized carbons (Fsp3) is 0.176. The molecule has 134 valence electrons. The van der Waals surface area contributed by atoms with Crippen LogP contribution in [-0.2, 0) is 4.79 Å². The molecule has 1 heterocycles. The molecule has 0 aliphatic carbocycles. The highest BCUT2D eigenvalue weighted by Gasteiger charge is 2.43. The predicted molar refractivity (Wildman–Crippen MR) is 84.5 cm³/mol. The molecule has 1 amide bonds. The van der Waals surface area contributed by atoms with E-state index >= 15 is 0 Å². The molecule has 1 aliphatic heterocycles.